The molecule has 5 nitrogen and oxygen atoms in total. The van der Waals surface area contributed by atoms with Crippen molar-refractivity contribution in [2.75, 3.05) is 18.8 Å². The molecule has 3 rings (SSSR count). The Bertz CT molecular complexity index is 631. The minimum absolute atomic E-state index is 0.0866. The summed E-state index contributed by atoms with van der Waals surface area (Å²) < 4.78 is 1.72. The van der Waals surface area contributed by atoms with Crippen LogP contribution in [0.1, 0.15) is 12.8 Å². The Labute approximate surface area is 116 Å². The number of imidazole rings is 1. The molecule has 0 saturated carbocycles. The van der Waals surface area contributed by atoms with Gasteiger partial charge in [-0.3, -0.25) is 4.79 Å². The number of para-hydroxylation sites is 1. The molecule has 2 heterocycles. The monoisotopic (exact) mass is 278 g/mol. The maximum Gasteiger partial charge on any atom is 0.242 e. The zero-order valence-corrected chi connectivity index (χ0v) is 11.2. The molecule has 1 aromatic carbocycles. The number of hydrogen-bond donors (Lipinski definition) is 1. The van der Waals surface area contributed by atoms with Crippen LogP contribution in [0.5, 0.6) is 0 Å². The van der Waals surface area contributed by atoms with Crippen LogP contribution in [0.4, 0.5) is 5.95 Å². The van der Waals surface area contributed by atoms with Crippen molar-refractivity contribution >= 4 is 34.5 Å². The number of halogens is 1. The highest BCUT2D eigenvalue weighted by atomic mass is 35.5. The molecule has 2 aromatic rings. The van der Waals surface area contributed by atoms with E-state index in [1.807, 2.05) is 17.0 Å². The van der Waals surface area contributed by atoms with E-state index >= 15 is 0 Å². The Hall–Kier alpha value is -1.75. The Morgan fingerprint density at radius 1 is 1.37 bits per heavy atom. The zero-order valence-electron chi connectivity index (χ0n) is 10.5. The number of likely N-dealkylation sites (tertiary alicyclic amines) is 1. The predicted octanol–water partition coefficient (Wildman–Crippen LogP) is 1.89. The SMILES string of the molecule is Nc1nc2c(Cl)cccc2n1CC(=O)N1CCCC1. The van der Waals surface area contributed by atoms with E-state index in [0.29, 0.717) is 16.5 Å². The maximum atomic E-state index is 12.2. The predicted molar refractivity (Wildman–Crippen MR) is 75.0 cm³/mol. The zero-order chi connectivity index (χ0) is 13.4. The molecule has 0 unspecified atom stereocenters. The van der Waals surface area contributed by atoms with Crippen LogP contribution in [-0.4, -0.2) is 33.4 Å². The van der Waals surface area contributed by atoms with Gasteiger partial charge in [0.1, 0.15) is 12.1 Å². The average molecular weight is 279 g/mol. The van der Waals surface area contributed by atoms with Gasteiger partial charge in [0.25, 0.3) is 0 Å². The lowest BCUT2D eigenvalue weighted by Crippen LogP contribution is -2.31. The van der Waals surface area contributed by atoms with Crippen molar-refractivity contribution in [3.8, 4) is 0 Å². The summed E-state index contributed by atoms with van der Waals surface area (Å²) in [5.41, 5.74) is 7.34. The van der Waals surface area contributed by atoms with Crippen LogP contribution in [0.25, 0.3) is 11.0 Å². The third-order valence-electron chi connectivity index (χ3n) is 3.51. The molecule has 1 amide bonds. The van der Waals surface area contributed by atoms with Crippen LogP contribution in [0, 0.1) is 0 Å². The lowest BCUT2D eigenvalue weighted by atomic mass is 10.3. The maximum absolute atomic E-state index is 12.2. The molecule has 0 aliphatic carbocycles. The summed E-state index contributed by atoms with van der Waals surface area (Å²) in [5, 5.41) is 0.552. The topological polar surface area (TPSA) is 64.1 Å². The summed E-state index contributed by atoms with van der Waals surface area (Å²) >= 11 is 6.08. The van der Waals surface area contributed by atoms with E-state index in [0.717, 1.165) is 31.4 Å². The second-order valence-corrected chi connectivity index (χ2v) is 5.16. The third kappa shape index (κ3) is 2.14. The second kappa shape index (κ2) is 4.74. The van der Waals surface area contributed by atoms with E-state index < -0.39 is 0 Å². The lowest BCUT2D eigenvalue weighted by Gasteiger charge is -2.16. The van der Waals surface area contributed by atoms with Crippen molar-refractivity contribution in [2.45, 2.75) is 19.4 Å². The van der Waals surface area contributed by atoms with Gasteiger partial charge in [0.15, 0.2) is 0 Å². The summed E-state index contributed by atoms with van der Waals surface area (Å²) in [6.07, 6.45) is 2.16. The number of aromatic nitrogens is 2. The molecule has 2 N–H and O–H groups in total. The number of carbonyl (C=O) groups excluding carboxylic acids is 1. The van der Waals surface area contributed by atoms with Crippen molar-refractivity contribution in [3.63, 3.8) is 0 Å². The molecule has 6 heteroatoms. The van der Waals surface area contributed by atoms with Gasteiger partial charge in [-0.15, -0.1) is 0 Å². The van der Waals surface area contributed by atoms with E-state index in [2.05, 4.69) is 4.98 Å². The quantitative estimate of drug-likeness (QED) is 0.912. The first kappa shape index (κ1) is 12.3. The summed E-state index contributed by atoms with van der Waals surface area (Å²) in [6, 6.07) is 5.48. The normalized spacial score (nSPS) is 15.3. The summed E-state index contributed by atoms with van der Waals surface area (Å²) in [6.45, 7) is 1.90. The first-order valence-corrected chi connectivity index (χ1v) is 6.72. The molecule has 19 heavy (non-hydrogen) atoms. The van der Waals surface area contributed by atoms with Gasteiger partial charge in [-0.05, 0) is 25.0 Å². The number of hydrogen-bond acceptors (Lipinski definition) is 3. The van der Waals surface area contributed by atoms with Gasteiger partial charge in [0.05, 0.1) is 10.5 Å². The van der Waals surface area contributed by atoms with E-state index in [1.54, 1.807) is 10.6 Å². The van der Waals surface area contributed by atoms with E-state index in [9.17, 15) is 4.79 Å². The van der Waals surface area contributed by atoms with Crippen LogP contribution < -0.4 is 5.73 Å². The van der Waals surface area contributed by atoms with Gasteiger partial charge in [0, 0.05) is 13.1 Å². The van der Waals surface area contributed by atoms with Gasteiger partial charge in [-0.25, -0.2) is 4.98 Å². The summed E-state index contributed by atoms with van der Waals surface area (Å²) in [5.74, 6) is 0.416. The molecular formula is C13H15ClN4O. The van der Waals surface area contributed by atoms with Crippen LogP contribution >= 0.6 is 11.6 Å². The van der Waals surface area contributed by atoms with Gasteiger partial charge >= 0.3 is 0 Å². The number of anilines is 1. The minimum Gasteiger partial charge on any atom is -0.369 e. The highest BCUT2D eigenvalue weighted by Crippen LogP contribution is 2.25. The summed E-state index contributed by atoms with van der Waals surface area (Å²) in [7, 11) is 0. The number of benzene rings is 1. The van der Waals surface area contributed by atoms with Gasteiger partial charge in [-0.1, -0.05) is 17.7 Å². The molecule has 1 fully saturated rings. The minimum atomic E-state index is 0.0866. The van der Waals surface area contributed by atoms with Gasteiger partial charge in [-0.2, -0.15) is 0 Å². The number of rotatable bonds is 2. The largest absolute Gasteiger partial charge is 0.369 e. The van der Waals surface area contributed by atoms with Crippen molar-refractivity contribution in [2.24, 2.45) is 0 Å². The number of nitrogens with zero attached hydrogens (tertiary/aromatic N) is 3. The van der Waals surface area contributed by atoms with Crippen LogP contribution in [0.3, 0.4) is 0 Å². The fourth-order valence-corrected chi connectivity index (χ4v) is 2.71. The van der Waals surface area contributed by atoms with E-state index in [1.165, 1.54) is 0 Å². The van der Waals surface area contributed by atoms with E-state index in [-0.39, 0.29) is 12.5 Å². The first-order valence-electron chi connectivity index (χ1n) is 6.35. The Morgan fingerprint density at radius 2 is 2.11 bits per heavy atom. The van der Waals surface area contributed by atoms with E-state index in [4.69, 9.17) is 17.3 Å². The highest BCUT2D eigenvalue weighted by molar-refractivity contribution is 6.35. The van der Waals surface area contributed by atoms with Crippen molar-refractivity contribution in [3.05, 3.63) is 23.2 Å². The molecule has 100 valence electrons. The number of carbonyl (C=O) groups is 1. The molecule has 1 aromatic heterocycles. The highest BCUT2D eigenvalue weighted by Gasteiger charge is 2.20. The van der Waals surface area contributed by atoms with Crippen LogP contribution in [-0.2, 0) is 11.3 Å². The molecule has 0 bridgehead atoms. The fourth-order valence-electron chi connectivity index (χ4n) is 2.50. The Balaban J connectivity index is 1.94. The molecule has 1 saturated heterocycles. The lowest BCUT2D eigenvalue weighted by molar-refractivity contribution is -0.130. The molecule has 0 spiro atoms. The molecule has 0 radical (unpaired) electrons. The number of nitrogen functional groups attached to an aromatic ring is 1. The van der Waals surface area contributed by atoms with Gasteiger partial charge < -0.3 is 15.2 Å². The number of fused-ring (bicyclic) bond motifs is 1. The standard InChI is InChI=1S/C13H15ClN4O/c14-9-4-3-5-10-12(9)16-13(15)18(10)8-11(19)17-6-1-2-7-17/h3-5H,1-2,6-8H2,(H2,15,16). The third-order valence-corrected chi connectivity index (χ3v) is 3.82. The smallest absolute Gasteiger partial charge is 0.242 e. The van der Waals surface area contributed by atoms with Crippen molar-refractivity contribution in [1.82, 2.24) is 14.5 Å². The number of nitrogens with two attached hydrogens (primary N) is 1. The Kier molecular flexibility index (Phi) is 3.06. The second-order valence-electron chi connectivity index (χ2n) is 4.75. The summed E-state index contributed by atoms with van der Waals surface area (Å²) in [4.78, 5) is 18.3. The molecule has 1 aliphatic rings. The van der Waals surface area contributed by atoms with Crippen molar-refractivity contribution < 1.29 is 4.79 Å². The van der Waals surface area contributed by atoms with Gasteiger partial charge in [0.2, 0.25) is 11.9 Å². The fraction of sp³-hybridized carbons (Fsp3) is 0.385. The van der Waals surface area contributed by atoms with Crippen LogP contribution in [0.15, 0.2) is 18.2 Å². The number of amides is 1. The van der Waals surface area contributed by atoms with Crippen LogP contribution in [0.2, 0.25) is 5.02 Å². The molecule has 1 aliphatic heterocycles. The average Bonchev–Trinajstić information content (AvgIpc) is 3.00. The van der Waals surface area contributed by atoms with Crippen molar-refractivity contribution in [1.29, 1.82) is 0 Å². The molecular weight excluding hydrogens is 264 g/mol. The first-order chi connectivity index (χ1) is 9.16. The Morgan fingerprint density at radius 3 is 2.84 bits per heavy atom. The molecule has 0 atom stereocenters.